The Morgan fingerprint density at radius 1 is 1.21 bits per heavy atom. The summed E-state index contributed by atoms with van der Waals surface area (Å²) in [4.78, 5) is 12.2. The van der Waals surface area contributed by atoms with Crippen molar-refractivity contribution < 1.29 is 9.53 Å². The van der Waals surface area contributed by atoms with E-state index in [1.54, 1.807) is 0 Å². The van der Waals surface area contributed by atoms with Crippen molar-refractivity contribution in [3.05, 3.63) is 0 Å². The summed E-state index contributed by atoms with van der Waals surface area (Å²) in [7, 11) is 0. The van der Waals surface area contributed by atoms with Crippen LogP contribution >= 0.6 is 0 Å². The fraction of sp³-hybridized carbons (Fsp3) is 0.933. The van der Waals surface area contributed by atoms with Crippen LogP contribution in [0.3, 0.4) is 0 Å². The van der Waals surface area contributed by atoms with Gasteiger partial charge in [0.05, 0.1) is 6.10 Å². The Bertz CT molecular complexity index is 288. The van der Waals surface area contributed by atoms with Crippen LogP contribution in [0.25, 0.3) is 0 Å². The van der Waals surface area contributed by atoms with Crippen LogP contribution in [0.2, 0.25) is 0 Å². The van der Waals surface area contributed by atoms with Crippen LogP contribution in [0.5, 0.6) is 0 Å². The lowest BCUT2D eigenvalue weighted by Crippen LogP contribution is -2.43. The Labute approximate surface area is 116 Å². The molecule has 2 unspecified atom stereocenters. The molecule has 1 aliphatic carbocycles. The molecule has 0 aromatic heterocycles. The number of hydrogen-bond donors (Lipinski definition) is 2. The third-order valence-corrected chi connectivity index (χ3v) is 4.64. The molecular formula is C15H28N2O2. The van der Waals surface area contributed by atoms with Crippen LogP contribution in [-0.2, 0) is 9.53 Å². The molecule has 0 bridgehead atoms. The number of carbonyl (C=O) groups excluding carboxylic acids is 1. The van der Waals surface area contributed by atoms with Gasteiger partial charge in [-0.1, -0.05) is 25.7 Å². The first-order valence-corrected chi connectivity index (χ1v) is 7.86. The second-order valence-corrected chi connectivity index (χ2v) is 6.11. The van der Waals surface area contributed by atoms with Gasteiger partial charge < -0.3 is 15.8 Å². The first kappa shape index (κ1) is 14.8. The third-order valence-electron chi connectivity index (χ3n) is 4.64. The fourth-order valence-corrected chi connectivity index (χ4v) is 3.32. The number of ether oxygens (including phenoxy) is 1. The van der Waals surface area contributed by atoms with E-state index in [1.165, 1.54) is 38.5 Å². The van der Waals surface area contributed by atoms with E-state index in [9.17, 15) is 4.79 Å². The summed E-state index contributed by atoms with van der Waals surface area (Å²) in [6.07, 6.45) is 9.32. The van der Waals surface area contributed by atoms with Crippen molar-refractivity contribution in [2.45, 2.75) is 76.5 Å². The first-order valence-electron chi connectivity index (χ1n) is 7.86. The number of hydrogen-bond acceptors (Lipinski definition) is 3. The largest absolute Gasteiger partial charge is 0.364 e. The van der Waals surface area contributed by atoms with Crippen LogP contribution in [0, 0.1) is 5.92 Å². The van der Waals surface area contributed by atoms with Gasteiger partial charge in [-0.2, -0.15) is 0 Å². The third kappa shape index (κ3) is 4.18. The van der Waals surface area contributed by atoms with Gasteiger partial charge in [0, 0.05) is 12.6 Å². The Morgan fingerprint density at radius 3 is 2.47 bits per heavy atom. The monoisotopic (exact) mass is 268 g/mol. The van der Waals surface area contributed by atoms with Gasteiger partial charge in [0.25, 0.3) is 0 Å². The first-order chi connectivity index (χ1) is 9.20. The number of nitrogens with two attached hydrogens (primary N) is 1. The molecule has 110 valence electrons. The zero-order valence-electron chi connectivity index (χ0n) is 12.1. The average molecular weight is 268 g/mol. The molecule has 0 radical (unpaired) electrons. The zero-order valence-corrected chi connectivity index (χ0v) is 12.1. The lowest BCUT2D eigenvalue weighted by Gasteiger charge is -2.25. The summed E-state index contributed by atoms with van der Waals surface area (Å²) in [5, 5.41) is 3.16. The van der Waals surface area contributed by atoms with Crippen molar-refractivity contribution in [1.29, 1.82) is 0 Å². The Morgan fingerprint density at radius 2 is 1.89 bits per heavy atom. The van der Waals surface area contributed by atoms with Crippen molar-refractivity contribution in [2.75, 3.05) is 6.54 Å². The highest BCUT2D eigenvalue weighted by atomic mass is 16.5. The zero-order chi connectivity index (χ0) is 13.7. The molecule has 1 heterocycles. The number of rotatable bonds is 4. The van der Waals surface area contributed by atoms with Gasteiger partial charge in [0.15, 0.2) is 0 Å². The predicted molar refractivity (Wildman–Crippen MR) is 75.7 cm³/mol. The van der Waals surface area contributed by atoms with E-state index in [1.807, 2.05) is 0 Å². The summed E-state index contributed by atoms with van der Waals surface area (Å²) in [6.45, 7) is 2.66. The lowest BCUT2D eigenvalue weighted by atomic mass is 9.93. The summed E-state index contributed by atoms with van der Waals surface area (Å²) in [5.74, 6) is 0.700. The lowest BCUT2D eigenvalue weighted by molar-refractivity contribution is -0.132. The van der Waals surface area contributed by atoms with Gasteiger partial charge in [-0.15, -0.1) is 0 Å². The summed E-state index contributed by atoms with van der Waals surface area (Å²) < 4.78 is 5.65. The molecule has 1 amide bonds. The highest BCUT2D eigenvalue weighted by Gasteiger charge is 2.31. The highest BCUT2D eigenvalue weighted by Crippen LogP contribution is 2.26. The molecule has 0 aromatic carbocycles. The Balaban J connectivity index is 1.77. The molecule has 3 N–H and O–H groups in total. The molecule has 2 rings (SSSR count). The SMILES string of the molecule is C[C@@H](NC(=O)C1CCC(CN)O1)C1CCCCCC1. The minimum atomic E-state index is -0.276. The minimum Gasteiger partial charge on any atom is -0.364 e. The van der Waals surface area contributed by atoms with E-state index in [0.717, 1.165) is 12.8 Å². The van der Waals surface area contributed by atoms with Crippen LogP contribution < -0.4 is 11.1 Å². The van der Waals surface area contributed by atoms with Crippen molar-refractivity contribution in [2.24, 2.45) is 11.7 Å². The van der Waals surface area contributed by atoms with Crippen molar-refractivity contribution >= 4 is 5.91 Å². The van der Waals surface area contributed by atoms with Crippen LogP contribution in [0.4, 0.5) is 0 Å². The standard InChI is InChI=1S/C15H28N2O2/c1-11(12-6-4-2-3-5-7-12)17-15(18)14-9-8-13(10-16)19-14/h11-14H,2-10,16H2,1H3,(H,17,18)/t11-,13?,14?/m1/s1. The highest BCUT2D eigenvalue weighted by molar-refractivity contribution is 5.81. The predicted octanol–water partition coefficient (Wildman–Crippen LogP) is 1.97. The molecule has 19 heavy (non-hydrogen) atoms. The maximum Gasteiger partial charge on any atom is 0.249 e. The maximum atomic E-state index is 12.2. The Hall–Kier alpha value is -0.610. The van der Waals surface area contributed by atoms with Gasteiger partial charge >= 0.3 is 0 Å². The molecule has 4 nitrogen and oxygen atoms in total. The average Bonchev–Trinajstić information content (AvgIpc) is 2.73. The summed E-state index contributed by atoms with van der Waals surface area (Å²) in [5.41, 5.74) is 5.57. The van der Waals surface area contributed by atoms with Crippen LogP contribution in [-0.4, -0.2) is 30.7 Å². The molecule has 2 fully saturated rings. The maximum absolute atomic E-state index is 12.2. The van der Waals surface area contributed by atoms with Crippen LogP contribution in [0.1, 0.15) is 58.3 Å². The molecule has 1 saturated heterocycles. The van der Waals surface area contributed by atoms with E-state index in [4.69, 9.17) is 10.5 Å². The van der Waals surface area contributed by atoms with E-state index < -0.39 is 0 Å². The molecule has 0 aromatic rings. The summed E-state index contributed by atoms with van der Waals surface area (Å²) in [6, 6.07) is 0.270. The normalized spacial score (nSPS) is 30.8. The molecule has 3 atom stereocenters. The number of nitrogens with one attached hydrogen (secondary N) is 1. The molecule has 2 aliphatic rings. The van der Waals surface area contributed by atoms with Crippen molar-refractivity contribution in [3.63, 3.8) is 0 Å². The van der Waals surface area contributed by atoms with E-state index >= 15 is 0 Å². The fourth-order valence-electron chi connectivity index (χ4n) is 3.32. The van der Waals surface area contributed by atoms with E-state index in [2.05, 4.69) is 12.2 Å². The molecular weight excluding hydrogens is 240 g/mol. The Kier molecular flexibility index (Phi) is 5.64. The van der Waals surface area contributed by atoms with E-state index in [0.29, 0.717) is 12.5 Å². The van der Waals surface area contributed by atoms with Gasteiger partial charge in [-0.25, -0.2) is 0 Å². The summed E-state index contributed by atoms with van der Waals surface area (Å²) >= 11 is 0. The molecule has 1 aliphatic heterocycles. The second-order valence-electron chi connectivity index (χ2n) is 6.11. The topological polar surface area (TPSA) is 64.4 Å². The van der Waals surface area contributed by atoms with Crippen LogP contribution in [0.15, 0.2) is 0 Å². The van der Waals surface area contributed by atoms with E-state index in [-0.39, 0.29) is 24.2 Å². The minimum absolute atomic E-state index is 0.0627. The number of amides is 1. The molecule has 0 spiro atoms. The molecule has 4 heteroatoms. The van der Waals surface area contributed by atoms with Gasteiger partial charge in [-0.05, 0) is 38.5 Å². The quantitative estimate of drug-likeness (QED) is 0.766. The smallest absolute Gasteiger partial charge is 0.249 e. The number of carbonyl (C=O) groups is 1. The van der Waals surface area contributed by atoms with Gasteiger partial charge in [0.1, 0.15) is 6.10 Å². The van der Waals surface area contributed by atoms with Gasteiger partial charge in [0.2, 0.25) is 5.91 Å². The van der Waals surface area contributed by atoms with Crippen molar-refractivity contribution in [3.8, 4) is 0 Å². The second kappa shape index (κ2) is 7.25. The van der Waals surface area contributed by atoms with Gasteiger partial charge in [-0.3, -0.25) is 4.79 Å². The van der Waals surface area contributed by atoms with Crippen molar-refractivity contribution in [1.82, 2.24) is 5.32 Å². The molecule has 1 saturated carbocycles.